The number of aliphatic hydroxyl groups is 1. The van der Waals surface area contributed by atoms with Crippen molar-refractivity contribution in [2.75, 3.05) is 4.90 Å². The molecule has 0 aromatic heterocycles. The van der Waals surface area contributed by atoms with Crippen molar-refractivity contribution in [3.05, 3.63) is 109 Å². The number of nitrogens with zero attached hydrogens (tertiary/aromatic N) is 1. The molecule has 0 saturated heterocycles. The van der Waals surface area contributed by atoms with Gasteiger partial charge in [-0.25, -0.2) is 0 Å². The topological polar surface area (TPSA) is 93.4 Å². The van der Waals surface area contributed by atoms with Crippen molar-refractivity contribution in [1.82, 2.24) is 0 Å². The molecule has 4 aromatic carbocycles. The van der Waals surface area contributed by atoms with Gasteiger partial charge in [-0.2, -0.15) is 0 Å². The Bertz CT molecular complexity index is 1250. The standard InChI is InChI=1S/C30H31NO2.BH3O3/c1-29(2,32)30(3,4)33-26-19-13-18-25(22-26)31(24-16-9-6-10-17-24)28-21-12-11-20-27(28)23-14-7-5-8-15-23;2-1(3)4/h5-22,32H,1-4H3;2-4H. The summed E-state index contributed by atoms with van der Waals surface area (Å²) in [5.41, 5.74) is 3.66. The molecule has 0 radical (unpaired) electrons. The Balaban J connectivity index is 0.000000886. The molecule has 0 bridgehead atoms. The van der Waals surface area contributed by atoms with Crippen molar-refractivity contribution >= 4 is 24.4 Å². The Hall–Kier alpha value is -3.62. The third-order valence-corrected chi connectivity index (χ3v) is 6.17. The predicted molar refractivity (Wildman–Crippen MR) is 150 cm³/mol. The van der Waals surface area contributed by atoms with Crippen LogP contribution in [0.3, 0.4) is 0 Å². The minimum Gasteiger partial charge on any atom is -0.485 e. The number of hydrogen-bond acceptors (Lipinski definition) is 6. The Kier molecular flexibility index (Phi) is 9.13. The second-order valence-corrected chi connectivity index (χ2v) is 9.57. The van der Waals surface area contributed by atoms with Crippen LogP contribution in [0.25, 0.3) is 11.1 Å². The molecule has 0 unspecified atom stereocenters. The molecule has 0 aliphatic rings. The zero-order valence-electron chi connectivity index (χ0n) is 21.6. The second kappa shape index (κ2) is 12.1. The summed E-state index contributed by atoms with van der Waals surface area (Å²) < 4.78 is 6.27. The maximum Gasteiger partial charge on any atom is 0.631 e. The monoisotopic (exact) mass is 499 g/mol. The first-order valence-electron chi connectivity index (χ1n) is 12.0. The first-order chi connectivity index (χ1) is 17.5. The van der Waals surface area contributed by atoms with Gasteiger partial charge in [0.15, 0.2) is 0 Å². The minimum absolute atomic E-state index is 0.706. The molecule has 0 amide bonds. The molecule has 4 N–H and O–H groups in total. The lowest BCUT2D eigenvalue weighted by Crippen LogP contribution is -2.49. The summed E-state index contributed by atoms with van der Waals surface area (Å²) in [6.07, 6.45) is 0. The molecule has 37 heavy (non-hydrogen) atoms. The first-order valence-corrected chi connectivity index (χ1v) is 12.0. The number of anilines is 3. The summed E-state index contributed by atoms with van der Waals surface area (Å²) in [6, 6.07) is 37.2. The van der Waals surface area contributed by atoms with Crippen molar-refractivity contribution in [2.45, 2.75) is 38.9 Å². The molecule has 7 heteroatoms. The van der Waals surface area contributed by atoms with Gasteiger partial charge in [-0.3, -0.25) is 0 Å². The molecule has 4 aromatic rings. The molecule has 0 aliphatic heterocycles. The van der Waals surface area contributed by atoms with Crippen molar-refractivity contribution in [2.24, 2.45) is 0 Å². The number of benzene rings is 4. The van der Waals surface area contributed by atoms with Gasteiger partial charge < -0.3 is 29.8 Å². The van der Waals surface area contributed by atoms with E-state index in [2.05, 4.69) is 71.6 Å². The van der Waals surface area contributed by atoms with E-state index in [1.54, 1.807) is 13.8 Å². The van der Waals surface area contributed by atoms with E-state index in [0.717, 1.165) is 28.2 Å². The fourth-order valence-corrected chi connectivity index (χ4v) is 3.64. The lowest BCUT2D eigenvalue weighted by molar-refractivity contribution is -0.0906. The maximum absolute atomic E-state index is 10.6. The molecule has 0 atom stereocenters. The van der Waals surface area contributed by atoms with Crippen LogP contribution in [0, 0.1) is 0 Å². The van der Waals surface area contributed by atoms with Crippen LogP contribution in [0.5, 0.6) is 5.75 Å². The van der Waals surface area contributed by atoms with E-state index in [1.165, 1.54) is 0 Å². The number of rotatable bonds is 7. The van der Waals surface area contributed by atoms with E-state index in [4.69, 9.17) is 19.8 Å². The highest BCUT2D eigenvalue weighted by atomic mass is 16.5. The van der Waals surface area contributed by atoms with Gasteiger partial charge in [-0.1, -0.05) is 72.8 Å². The van der Waals surface area contributed by atoms with E-state index >= 15 is 0 Å². The maximum atomic E-state index is 10.6. The van der Waals surface area contributed by atoms with E-state index in [1.807, 2.05) is 56.3 Å². The summed E-state index contributed by atoms with van der Waals surface area (Å²) in [5, 5.41) is 32.1. The molecule has 4 rings (SSSR count). The summed E-state index contributed by atoms with van der Waals surface area (Å²) in [7, 11) is -2.17. The van der Waals surface area contributed by atoms with Gasteiger partial charge in [-0.15, -0.1) is 0 Å². The zero-order chi connectivity index (χ0) is 27.1. The van der Waals surface area contributed by atoms with Crippen LogP contribution in [0.2, 0.25) is 0 Å². The molecule has 0 aliphatic carbocycles. The number of hydrogen-bond donors (Lipinski definition) is 4. The van der Waals surface area contributed by atoms with E-state index in [0.29, 0.717) is 5.75 Å². The van der Waals surface area contributed by atoms with Crippen molar-refractivity contribution < 1.29 is 24.9 Å². The van der Waals surface area contributed by atoms with Crippen LogP contribution in [-0.4, -0.2) is 38.7 Å². The molecule has 0 heterocycles. The fraction of sp³-hybridized carbons (Fsp3) is 0.200. The van der Waals surface area contributed by atoms with Crippen molar-refractivity contribution in [3.8, 4) is 16.9 Å². The minimum atomic E-state index is -2.17. The SMILES string of the molecule is CC(C)(O)C(C)(C)Oc1cccc(N(c2ccccc2)c2ccccc2-c2ccccc2)c1.OB(O)O. The zero-order valence-corrected chi connectivity index (χ0v) is 21.6. The van der Waals surface area contributed by atoms with Crippen LogP contribution in [0.1, 0.15) is 27.7 Å². The van der Waals surface area contributed by atoms with Crippen molar-refractivity contribution in [1.29, 1.82) is 0 Å². The molecule has 6 nitrogen and oxygen atoms in total. The summed E-state index contributed by atoms with van der Waals surface area (Å²) >= 11 is 0. The molecule has 0 fully saturated rings. The highest BCUT2D eigenvalue weighted by Gasteiger charge is 2.37. The van der Waals surface area contributed by atoms with Gasteiger partial charge >= 0.3 is 7.32 Å². The van der Waals surface area contributed by atoms with Gasteiger partial charge in [0.25, 0.3) is 0 Å². The Morgan fingerprint density at radius 3 is 1.76 bits per heavy atom. The van der Waals surface area contributed by atoms with Crippen LogP contribution in [0.15, 0.2) is 109 Å². The predicted octanol–water partition coefficient (Wildman–Crippen LogP) is 5.70. The number of para-hydroxylation sites is 2. The summed E-state index contributed by atoms with van der Waals surface area (Å²) in [5.74, 6) is 0.706. The highest BCUT2D eigenvalue weighted by Crippen LogP contribution is 2.41. The Morgan fingerprint density at radius 2 is 1.16 bits per heavy atom. The van der Waals surface area contributed by atoms with Crippen LogP contribution in [0.4, 0.5) is 17.1 Å². The highest BCUT2D eigenvalue weighted by molar-refractivity contribution is 6.30. The van der Waals surface area contributed by atoms with Gasteiger partial charge in [0.2, 0.25) is 0 Å². The number of ether oxygens (including phenoxy) is 1. The van der Waals surface area contributed by atoms with E-state index < -0.39 is 18.5 Å². The summed E-state index contributed by atoms with van der Waals surface area (Å²) in [6.45, 7) is 7.34. The average molecular weight is 499 g/mol. The molecule has 0 spiro atoms. The third-order valence-electron chi connectivity index (χ3n) is 6.17. The third kappa shape index (κ3) is 7.44. The molecule has 192 valence electrons. The van der Waals surface area contributed by atoms with Gasteiger partial charge in [0.05, 0.1) is 11.3 Å². The Morgan fingerprint density at radius 1 is 0.649 bits per heavy atom. The largest absolute Gasteiger partial charge is 0.631 e. The first kappa shape index (κ1) is 28.0. The van der Waals surface area contributed by atoms with Crippen molar-refractivity contribution in [3.63, 3.8) is 0 Å². The van der Waals surface area contributed by atoms with Gasteiger partial charge in [0.1, 0.15) is 11.4 Å². The second-order valence-electron chi connectivity index (χ2n) is 9.57. The fourth-order valence-electron chi connectivity index (χ4n) is 3.64. The molecular weight excluding hydrogens is 465 g/mol. The van der Waals surface area contributed by atoms with Gasteiger partial charge in [-0.05, 0) is 63.6 Å². The Labute approximate surface area is 219 Å². The normalized spacial score (nSPS) is 11.2. The average Bonchev–Trinajstić information content (AvgIpc) is 2.85. The van der Waals surface area contributed by atoms with Crippen LogP contribution < -0.4 is 9.64 Å². The van der Waals surface area contributed by atoms with Gasteiger partial charge in [0, 0.05) is 23.0 Å². The molecule has 0 saturated carbocycles. The lowest BCUT2D eigenvalue weighted by Gasteiger charge is -2.37. The summed E-state index contributed by atoms with van der Waals surface area (Å²) in [4.78, 5) is 2.24. The lowest BCUT2D eigenvalue weighted by atomic mass is 9.89. The van der Waals surface area contributed by atoms with Crippen LogP contribution in [-0.2, 0) is 0 Å². The smallest absolute Gasteiger partial charge is 0.485 e. The van der Waals surface area contributed by atoms with E-state index in [9.17, 15) is 5.11 Å². The quantitative estimate of drug-likeness (QED) is 0.244. The van der Waals surface area contributed by atoms with E-state index in [-0.39, 0.29) is 0 Å². The van der Waals surface area contributed by atoms with Crippen LogP contribution >= 0.6 is 0 Å². The molecular formula is C30H34BNO5.